The number of nitriles is 1. The normalized spacial score (nSPS) is 13.7. The Kier molecular flexibility index (Phi) is 3.83. The first-order valence-electron chi connectivity index (χ1n) is 4.66. The molecule has 0 saturated heterocycles. The van der Waals surface area contributed by atoms with Crippen LogP contribution in [-0.2, 0) is 4.79 Å². The minimum atomic E-state index is -0.424. The summed E-state index contributed by atoms with van der Waals surface area (Å²) in [6, 6.07) is 8.95. The molecule has 1 rings (SSSR count). The van der Waals surface area contributed by atoms with E-state index in [4.69, 9.17) is 11.0 Å². The van der Waals surface area contributed by atoms with Crippen LogP contribution in [0.2, 0.25) is 0 Å². The Labute approximate surface area is 88.7 Å². The number of amides is 1. The van der Waals surface area contributed by atoms with Gasteiger partial charge in [-0.05, 0) is 5.56 Å². The van der Waals surface area contributed by atoms with Crippen molar-refractivity contribution in [3.8, 4) is 6.19 Å². The van der Waals surface area contributed by atoms with Crippen LogP contribution < -0.4 is 11.1 Å². The van der Waals surface area contributed by atoms with E-state index >= 15 is 0 Å². The fourth-order valence-corrected chi connectivity index (χ4v) is 1.30. The molecule has 15 heavy (non-hydrogen) atoms. The quantitative estimate of drug-likeness (QED) is 0.566. The van der Waals surface area contributed by atoms with Gasteiger partial charge in [0.05, 0.1) is 5.92 Å². The molecule has 0 aliphatic heterocycles. The molecule has 0 spiro atoms. The zero-order valence-corrected chi connectivity index (χ0v) is 8.47. The van der Waals surface area contributed by atoms with Crippen molar-refractivity contribution < 1.29 is 4.79 Å². The van der Waals surface area contributed by atoms with Crippen LogP contribution in [0.25, 0.3) is 0 Å². The van der Waals surface area contributed by atoms with Gasteiger partial charge in [0.25, 0.3) is 0 Å². The largest absolute Gasteiger partial charge is 0.323 e. The fourth-order valence-electron chi connectivity index (χ4n) is 1.30. The lowest BCUT2D eigenvalue weighted by Gasteiger charge is -2.17. The molecule has 1 aromatic carbocycles. The number of carbonyl (C=O) groups is 1. The summed E-state index contributed by atoms with van der Waals surface area (Å²) >= 11 is 0. The molecular formula is C11H13N3O. The van der Waals surface area contributed by atoms with Crippen molar-refractivity contribution in [3.63, 3.8) is 0 Å². The van der Waals surface area contributed by atoms with E-state index in [2.05, 4.69) is 5.32 Å². The van der Waals surface area contributed by atoms with Gasteiger partial charge in [-0.2, -0.15) is 5.26 Å². The number of hydrogen-bond acceptors (Lipinski definition) is 3. The molecule has 0 aliphatic carbocycles. The van der Waals surface area contributed by atoms with E-state index in [-0.39, 0.29) is 11.9 Å². The lowest BCUT2D eigenvalue weighted by Crippen LogP contribution is -2.33. The molecule has 0 aromatic heterocycles. The van der Waals surface area contributed by atoms with Crippen LogP contribution in [0.5, 0.6) is 0 Å². The number of nitrogens with two attached hydrogens (primary N) is 1. The van der Waals surface area contributed by atoms with E-state index in [1.54, 1.807) is 13.1 Å². The Morgan fingerprint density at radius 1 is 1.47 bits per heavy atom. The molecular weight excluding hydrogens is 190 g/mol. The summed E-state index contributed by atoms with van der Waals surface area (Å²) in [6.07, 6.45) is 1.60. The number of hydrogen-bond donors (Lipinski definition) is 2. The van der Waals surface area contributed by atoms with Crippen LogP contribution in [0.3, 0.4) is 0 Å². The van der Waals surface area contributed by atoms with Gasteiger partial charge in [-0.3, -0.25) is 10.1 Å². The first-order chi connectivity index (χ1) is 7.16. The van der Waals surface area contributed by atoms with Gasteiger partial charge in [0.1, 0.15) is 0 Å². The Balaban J connectivity index is 2.73. The van der Waals surface area contributed by atoms with Gasteiger partial charge in [-0.25, -0.2) is 0 Å². The maximum absolute atomic E-state index is 11.3. The summed E-state index contributed by atoms with van der Waals surface area (Å²) in [6.45, 7) is 1.70. The summed E-state index contributed by atoms with van der Waals surface area (Å²) in [5.41, 5.74) is 6.79. The van der Waals surface area contributed by atoms with Gasteiger partial charge < -0.3 is 5.73 Å². The highest BCUT2D eigenvalue weighted by atomic mass is 16.1. The van der Waals surface area contributed by atoms with Crippen molar-refractivity contribution in [2.75, 3.05) is 0 Å². The predicted molar refractivity (Wildman–Crippen MR) is 56.3 cm³/mol. The zero-order valence-electron chi connectivity index (χ0n) is 8.47. The highest BCUT2D eigenvalue weighted by molar-refractivity contribution is 5.80. The number of rotatable bonds is 3. The van der Waals surface area contributed by atoms with Crippen LogP contribution in [0.4, 0.5) is 0 Å². The Morgan fingerprint density at radius 3 is 2.60 bits per heavy atom. The van der Waals surface area contributed by atoms with Gasteiger partial charge >= 0.3 is 0 Å². The smallest absolute Gasteiger partial charge is 0.237 e. The SMILES string of the molecule is CC(C(=O)NC#N)C(N)c1ccccc1. The number of nitrogens with zero attached hydrogens (tertiary/aromatic N) is 1. The van der Waals surface area contributed by atoms with E-state index in [0.717, 1.165) is 5.56 Å². The average Bonchev–Trinajstić information content (AvgIpc) is 2.28. The second-order valence-corrected chi connectivity index (χ2v) is 3.33. The molecule has 3 N–H and O–H groups in total. The summed E-state index contributed by atoms with van der Waals surface area (Å²) in [7, 11) is 0. The van der Waals surface area contributed by atoms with Crippen molar-refractivity contribution in [3.05, 3.63) is 35.9 Å². The minimum absolute atomic E-state index is 0.353. The number of carbonyl (C=O) groups excluding carboxylic acids is 1. The topological polar surface area (TPSA) is 78.9 Å². The molecule has 0 heterocycles. The van der Waals surface area contributed by atoms with E-state index in [1.807, 2.05) is 30.3 Å². The van der Waals surface area contributed by atoms with Crippen LogP contribution in [0, 0.1) is 17.4 Å². The lowest BCUT2D eigenvalue weighted by molar-refractivity contribution is -0.123. The summed E-state index contributed by atoms with van der Waals surface area (Å²) in [5, 5.41) is 10.4. The van der Waals surface area contributed by atoms with Crippen molar-refractivity contribution in [1.82, 2.24) is 5.32 Å². The third-order valence-electron chi connectivity index (χ3n) is 2.32. The molecule has 0 radical (unpaired) electrons. The van der Waals surface area contributed by atoms with E-state index in [9.17, 15) is 4.79 Å². The van der Waals surface area contributed by atoms with Crippen molar-refractivity contribution >= 4 is 5.91 Å². The minimum Gasteiger partial charge on any atom is -0.323 e. The molecule has 0 fully saturated rings. The van der Waals surface area contributed by atoms with E-state index in [0.29, 0.717) is 0 Å². The van der Waals surface area contributed by atoms with Gasteiger partial charge in [0.2, 0.25) is 5.91 Å². The Hall–Kier alpha value is -1.86. The van der Waals surface area contributed by atoms with E-state index < -0.39 is 5.92 Å². The van der Waals surface area contributed by atoms with Crippen molar-refractivity contribution in [2.24, 2.45) is 11.7 Å². The van der Waals surface area contributed by atoms with Crippen molar-refractivity contribution in [2.45, 2.75) is 13.0 Å². The standard InChI is InChI=1S/C11H13N3O/c1-8(11(15)14-7-12)10(13)9-5-3-2-4-6-9/h2-6,8,10H,13H2,1H3,(H,14,15). The molecule has 0 bridgehead atoms. The molecule has 1 amide bonds. The molecule has 1 aromatic rings. The average molecular weight is 203 g/mol. The van der Waals surface area contributed by atoms with Gasteiger partial charge in [0.15, 0.2) is 6.19 Å². The first kappa shape index (κ1) is 11.2. The molecule has 0 aliphatic rings. The highest BCUT2D eigenvalue weighted by Crippen LogP contribution is 2.18. The fraction of sp³-hybridized carbons (Fsp3) is 0.273. The molecule has 4 heteroatoms. The Morgan fingerprint density at radius 2 is 2.07 bits per heavy atom. The third kappa shape index (κ3) is 2.79. The number of nitrogens with one attached hydrogen (secondary N) is 1. The highest BCUT2D eigenvalue weighted by Gasteiger charge is 2.21. The number of benzene rings is 1. The van der Waals surface area contributed by atoms with Crippen LogP contribution >= 0.6 is 0 Å². The predicted octanol–water partition coefficient (Wildman–Crippen LogP) is 0.920. The second kappa shape index (κ2) is 5.13. The monoisotopic (exact) mass is 203 g/mol. The van der Waals surface area contributed by atoms with Gasteiger partial charge in [-0.1, -0.05) is 37.3 Å². The molecule has 4 nitrogen and oxygen atoms in total. The summed E-state index contributed by atoms with van der Waals surface area (Å²) in [5.74, 6) is -0.777. The lowest BCUT2D eigenvalue weighted by atomic mass is 9.95. The summed E-state index contributed by atoms with van der Waals surface area (Å²) in [4.78, 5) is 11.3. The Bertz CT molecular complexity index is 369. The third-order valence-corrected chi connectivity index (χ3v) is 2.32. The molecule has 2 atom stereocenters. The van der Waals surface area contributed by atoms with Crippen molar-refractivity contribution in [1.29, 1.82) is 5.26 Å². The van der Waals surface area contributed by atoms with Gasteiger partial charge in [-0.15, -0.1) is 0 Å². The molecule has 78 valence electrons. The van der Waals surface area contributed by atoms with Crippen LogP contribution in [0.15, 0.2) is 30.3 Å². The maximum Gasteiger partial charge on any atom is 0.237 e. The first-order valence-corrected chi connectivity index (χ1v) is 4.66. The van der Waals surface area contributed by atoms with Crippen LogP contribution in [-0.4, -0.2) is 5.91 Å². The van der Waals surface area contributed by atoms with Gasteiger partial charge in [0, 0.05) is 6.04 Å². The zero-order chi connectivity index (χ0) is 11.3. The second-order valence-electron chi connectivity index (χ2n) is 3.33. The molecule has 2 unspecified atom stereocenters. The van der Waals surface area contributed by atoms with E-state index in [1.165, 1.54) is 0 Å². The summed E-state index contributed by atoms with van der Waals surface area (Å²) < 4.78 is 0. The molecule has 0 saturated carbocycles. The maximum atomic E-state index is 11.3. The van der Waals surface area contributed by atoms with Crippen LogP contribution in [0.1, 0.15) is 18.5 Å².